The molecule has 0 aliphatic carbocycles. The van der Waals surface area contributed by atoms with Crippen LogP contribution in [0, 0.1) is 0 Å². The molecule has 0 aliphatic rings. The Balaban J connectivity index is 1.80. The summed E-state index contributed by atoms with van der Waals surface area (Å²) in [5.41, 5.74) is 3.29. The Morgan fingerprint density at radius 3 is 2.52 bits per heavy atom. The van der Waals surface area contributed by atoms with Crippen LogP contribution in [0.2, 0.25) is 0 Å². The van der Waals surface area contributed by atoms with Gasteiger partial charge in [0.1, 0.15) is 0 Å². The molecule has 0 atom stereocenters. The zero-order chi connectivity index (χ0) is 16.7. The first-order valence-electron chi connectivity index (χ1n) is 7.97. The van der Waals surface area contributed by atoms with Gasteiger partial charge in [-0.05, 0) is 29.2 Å². The lowest BCUT2D eigenvalue weighted by Crippen LogP contribution is -2.25. The molecule has 0 bridgehead atoms. The van der Waals surface area contributed by atoms with Crippen molar-refractivity contribution in [3.05, 3.63) is 59.9 Å². The second kappa shape index (κ2) is 7.77. The highest BCUT2D eigenvalue weighted by atomic mass is 16.1. The van der Waals surface area contributed by atoms with Crippen LogP contribution in [0.15, 0.2) is 48.7 Å². The molecule has 0 fully saturated rings. The van der Waals surface area contributed by atoms with Crippen LogP contribution in [0.4, 0.5) is 5.69 Å². The third-order valence-electron chi connectivity index (χ3n) is 3.60. The summed E-state index contributed by atoms with van der Waals surface area (Å²) in [7, 11) is 0. The number of rotatable bonds is 6. The Morgan fingerprint density at radius 2 is 1.83 bits per heavy atom. The highest BCUT2D eigenvalue weighted by Gasteiger charge is 2.17. The summed E-state index contributed by atoms with van der Waals surface area (Å²) < 4.78 is 0. The van der Waals surface area contributed by atoms with Crippen molar-refractivity contribution in [2.24, 2.45) is 0 Å². The number of hydrogen-bond donors (Lipinski definition) is 2. The van der Waals surface area contributed by atoms with E-state index < -0.39 is 0 Å². The molecule has 0 saturated heterocycles. The molecular formula is C19H25N3O. The molecule has 0 aliphatic heterocycles. The van der Waals surface area contributed by atoms with E-state index in [9.17, 15) is 4.79 Å². The predicted molar refractivity (Wildman–Crippen MR) is 94.3 cm³/mol. The first-order valence-corrected chi connectivity index (χ1v) is 7.97. The molecule has 122 valence electrons. The van der Waals surface area contributed by atoms with Gasteiger partial charge in [0.25, 0.3) is 0 Å². The van der Waals surface area contributed by atoms with E-state index in [1.54, 1.807) is 6.20 Å². The van der Waals surface area contributed by atoms with Crippen molar-refractivity contribution < 1.29 is 4.79 Å². The van der Waals surface area contributed by atoms with Gasteiger partial charge in [-0.2, -0.15) is 0 Å². The first-order chi connectivity index (χ1) is 11.0. The minimum atomic E-state index is 0.0244. The molecule has 1 aromatic carbocycles. The molecule has 23 heavy (non-hydrogen) atoms. The summed E-state index contributed by atoms with van der Waals surface area (Å²) in [6, 6.07) is 13.9. The van der Waals surface area contributed by atoms with Gasteiger partial charge in [-0.15, -0.1) is 0 Å². The Morgan fingerprint density at radius 1 is 1.09 bits per heavy atom. The quantitative estimate of drug-likeness (QED) is 0.858. The Kier molecular flexibility index (Phi) is 5.74. The SMILES string of the molecule is CC(C)(C)c1ccccc1NCCC(=O)NCc1ccccn1. The number of aromatic nitrogens is 1. The summed E-state index contributed by atoms with van der Waals surface area (Å²) in [5, 5.41) is 6.26. The number of amides is 1. The van der Waals surface area contributed by atoms with Gasteiger partial charge in [0.15, 0.2) is 0 Å². The fourth-order valence-electron chi connectivity index (χ4n) is 2.38. The fraction of sp³-hybridized carbons (Fsp3) is 0.368. The number of nitrogens with one attached hydrogen (secondary N) is 2. The smallest absolute Gasteiger partial charge is 0.222 e. The van der Waals surface area contributed by atoms with Gasteiger partial charge in [0, 0.05) is 24.8 Å². The van der Waals surface area contributed by atoms with Crippen LogP contribution < -0.4 is 10.6 Å². The lowest BCUT2D eigenvalue weighted by Gasteiger charge is -2.23. The molecule has 0 saturated carbocycles. The number of pyridine rings is 1. The summed E-state index contributed by atoms with van der Waals surface area (Å²) in [6.07, 6.45) is 2.16. The second-order valence-corrected chi connectivity index (χ2v) is 6.57. The standard InChI is InChI=1S/C19H25N3O/c1-19(2,3)16-9-4-5-10-17(16)21-13-11-18(23)22-14-15-8-6-7-12-20-15/h4-10,12,21H,11,13-14H2,1-3H3,(H,22,23). The molecule has 2 aromatic rings. The first kappa shape index (κ1) is 17.0. The van der Waals surface area contributed by atoms with Crippen LogP contribution >= 0.6 is 0 Å². The molecule has 0 radical (unpaired) electrons. The third kappa shape index (κ3) is 5.40. The van der Waals surface area contributed by atoms with Gasteiger partial charge >= 0.3 is 0 Å². The molecule has 1 heterocycles. The zero-order valence-corrected chi connectivity index (χ0v) is 14.1. The third-order valence-corrected chi connectivity index (χ3v) is 3.60. The number of carbonyl (C=O) groups excluding carboxylic acids is 1. The van der Waals surface area contributed by atoms with Crippen LogP contribution in [0.3, 0.4) is 0 Å². The summed E-state index contributed by atoms with van der Waals surface area (Å²) >= 11 is 0. The fourth-order valence-corrected chi connectivity index (χ4v) is 2.38. The molecule has 0 unspecified atom stereocenters. The van der Waals surface area contributed by atoms with Crippen LogP contribution in [-0.2, 0) is 16.8 Å². The normalized spacial score (nSPS) is 11.1. The number of hydrogen-bond acceptors (Lipinski definition) is 3. The average molecular weight is 311 g/mol. The van der Waals surface area contributed by atoms with Crippen molar-refractivity contribution >= 4 is 11.6 Å². The average Bonchev–Trinajstić information content (AvgIpc) is 2.53. The maximum Gasteiger partial charge on any atom is 0.222 e. The van der Waals surface area contributed by atoms with E-state index in [4.69, 9.17) is 0 Å². The Labute approximate surface area is 138 Å². The van der Waals surface area contributed by atoms with E-state index in [-0.39, 0.29) is 11.3 Å². The van der Waals surface area contributed by atoms with Crippen molar-refractivity contribution in [3.63, 3.8) is 0 Å². The number of nitrogens with zero attached hydrogens (tertiary/aromatic N) is 1. The number of benzene rings is 1. The van der Waals surface area contributed by atoms with Crippen LogP contribution in [0.25, 0.3) is 0 Å². The van der Waals surface area contributed by atoms with Crippen molar-refractivity contribution in [1.29, 1.82) is 0 Å². The lowest BCUT2D eigenvalue weighted by atomic mass is 9.86. The molecule has 2 N–H and O–H groups in total. The van der Waals surface area contributed by atoms with Crippen molar-refractivity contribution in [1.82, 2.24) is 10.3 Å². The highest BCUT2D eigenvalue weighted by Crippen LogP contribution is 2.29. The largest absolute Gasteiger partial charge is 0.384 e. The Bertz CT molecular complexity index is 633. The molecule has 0 spiro atoms. The van der Waals surface area contributed by atoms with Gasteiger partial charge in [0.2, 0.25) is 5.91 Å². The van der Waals surface area contributed by atoms with Gasteiger partial charge in [-0.25, -0.2) is 0 Å². The predicted octanol–water partition coefficient (Wildman–Crippen LogP) is 3.50. The van der Waals surface area contributed by atoms with E-state index in [2.05, 4.69) is 48.5 Å². The van der Waals surface area contributed by atoms with Crippen LogP contribution in [0.1, 0.15) is 38.4 Å². The minimum Gasteiger partial charge on any atom is -0.384 e. The van der Waals surface area contributed by atoms with Crippen molar-refractivity contribution in [3.8, 4) is 0 Å². The maximum absolute atomic E-state index is 11.9. The van der Waals surface area contributed by atoms with Crippen molar-refractivity contribution in [2.45, 2.75) is 39.2 Å². The summed E-state index contributed by atoms with van der Waals surface area (Å²) in [6.45, 7) is 7.65. The summed E-state index contributed by atoms with van der Waals surface area (Å²) in [4.78, 5) is 16.1. The Hall–Kier alpha value is -2.36. The zero-order valence-electron chi connectivity index (χ0n) is 14.1. The lowest BCUT2D eigenvalue weighted by molar-refractivity contribution is -0.121. The van der Waals surface area contributed by atoms with E-state index in [0.29, 0.717) is 19.5 Å². The number of anilines is 1. The van der Waals surface area contributed by atoms with Gasteiger partial charge < -0.3 is 10.6 Å². The van der Waals surface area contributed by atoms with Gasteiger partial charge in [-0.1, -0.05) is 45.0 Å². The topological polar surface area (TPSA) is 54.0 Å². The van der Waals surface area contributed by atoms with Crippen LogP contribution in [-0.4, -0.2) is 17.4 Å². The molecule has 4 heteroatoms. The molecular weight excluding hydrogens is 286 g/mol. The van der Waals surface area contributed by atoms with Crippen LogP contribution in [0.5, 0.6) is 0 Å². The molecule has 2 rings (SSSR count). The van der Waals surface area contributed by atoms with E-state index in [0.717, 1.165) is 11.4 Å². The van der Waals surface area contributed by atoms with E-state index >= 15 is 0 Å². The van der Waals surface area contributed by atoms with E-state index in [1.807, 2.05) is 30.3 Å². The summed E-state index contributed by atoms with van der Waals surface area (Å²) in [5.74, 6) is 0.0244. The second-order valence-electron chi connectivity index (χ2n) is 6.57. The van der Waals surface area contributed by atoms with Gasteiger partial charge in [-0.3, -0.25) is 9.78 Å². The molecule has 4 nitrogen and oxygen atoms in total. The van der Waals surface area contributed by atoms with Crippen molar-refractivity contribution in [2.75, 3.05) is 11.9 Å². The number of carbonyl (C=O) groups is 1. The monoisotopic (exact) mass is 311 g/mol. The maximum atomic E-state index is 11.9. The highest BCUT2D eigenvalue weighted by molar-refractivity contribution is 5.76. The van der Waals surface area contributed by atoms with Gasteiger partial charge in [0.05, 0.1) is 12.2 Å². The number of para-hydroxylation sites is 1. The molecule has 1 amide bonds. The molecule has 1 aromatic heterocycles. The van der Waals surface area contributed by atoms with E-state index in [1.165, 1.54) is 5.56 Å². The minimum absolute atomic E-state index is 0.0244.